The summed E-state index contributed by atoms with van der Waals surface area (Å²) in [5.41, 5.74) is 2.48. The van der Waals surface area contributed by atoms with Gasteiger partial charge in [-0.25, -0.2) is 0 Å². The van der Waals surface area contributed by atoms with Crippen molar-refractivity contribution in [2.45, 2.75) is 45.7 Å². The Kier molecular flexibility index (Phi) is 5.17. The van der Waals surface area contributed by atoms with Crippen LogP contribution < -0.4 is 10.1 Å². The van der Waals surface area contributed by atoms with E-state index < -0.39 is 0 Å². The maximum absolute atomic E-state index is 9.00. The molecular weight excluding hydrogens is 226 g/mol. The van der Waals surface area contributed by atoms with E-state index in [-0.39, 0.29) is 18.1 Å². The zero-order valence-corrected chi connectivity index (χ0v) is 12.1. The Morgan fingerprint density at radius 1 is 1.33 bits per heavy atom. The number of ether oxygens (including phenoxy) is 1. The molecule has 0 fully saturated rings. The molecule has 0 spiro atoms. The Bertz CT molecular complexity index is 383. The summed E-state index contributed by atoms with van der Waals surface area (Å²) in [5.74, 6) is 0.932. The fraction of sp³-hybridized carbons (Fsp3) is 0.600. The van der Waals surface area contributed by atoms with Crippen LogP contribution in [0, 0.1) is 0 Å². The van der Waals surface area contributed by atoms with Gasteiger partial charge in [0, 0.05) is 12.6 Å². The van der Waals surface area contributed by atoms with E-state index in [1.165, 1.54) is 11.1 Å². The average Bonchev–Trinajstić information content (AvgIpc) is 2.34. The Morgan fingerprint density at radius 2 is 2.00 bits per heavy atom. The molecule has 1 aromatic rings. The summed E-state index contributed by atoms with van der Waals surface area (Å²) in [5, 5.41) is 12.3. The lowest BCUT2D eigenvalue weighted by Crippen LogP contribution is -2.28. The number of rotatable bonds is 5. The fourth-order valence-corrected chi connectivity index (χ4v) is 1.81. The topological polar surface area (TPSA) is 41.5 Å². The van der Waals surface area contributed by atoms with Crippen LogP contribution in [0.4, 0.5) is 0 Å². The lowest BCUT2D eigenvalue weighted by atomic mass is 9.85. The third kappa shape index (κ3) is 4.00. The number of hydrogen-bond donors (Lipinski definition) is 2. The molecule has 1 atom stereocenters. The van der Waals surface area contributed by atoms with Crippen LogP contribution in [0.15, 0.2) is 18.2 Å². The molecule has 0 heterocycles. The third-order valence-electron chi connectivity index (χ3n) is 3.00. The van der Waals surface area contributed by atoms with Crippen molar-refractivity contribution in [2.75, 3.05) is 13.7 Å². The SMILES string of the molecule is COc1ccc(CNC(C)CO)cc1C(C)(C)C. The van der Waals surface area contributed by atoms with E-state index in [1.807, 2.05) is 13.0 Å². The molecule has 1 unspecified atom stereocenters. The molecule has 0 aromatic heterocycles. The van der Waals surface area contributed by atoms with Gasteiger partial charge in [-0.3, -0.25) is 0 Å². The van der Waals surface area contributed by atoms with Gasteiger partial charge in [0.2, 0.25) is 0 Å². The van der Waals surface area contributed by atoms with Crippen molar-refractivity contribution in [1.82, 2.24) is 5.32 Å². The normalized spacial score (nSPS) is 13.4. The van der Waals surface area contributed by atoms with Crippen LogP contribution in [0.2, 0.25) is 0 Å². The van der Waals surface area contributed by atoms with E-state index in [1.54, 1.807) is 7.11 Å². The van der Waals surface area contributed by atoms with Crippen molar-refractivity contribution >= 4 is 0 Å². The predicted octanol–water partition coefficient (Wildman–Crippen LogP) is 2.46. The summed E-state index contributed by atoms with van der Waals surface area (Å²) >= 11 is 0. The highest BCUT2D eigenvalue weighted by molar-refractivity contribution is 5.41. The van der Waals surface area contributed by atoms with Crippen LogP contribution in [-0.4, -0.2) is 24.9 Å². The van der Waals surface area contributed by atoms with Gasteiger partial charge in [0.1, 0.15) is 5.75 Å². The molecule has 18 heavy (non-hydrogen) atoms. The van der Waals surface area contributed by atoms with Crippen LogP contribution >= 0.6 is 0 Å². The highest BCUT2D eigenvalue weighted by Crippen LogP contribution is 2.31. The minimum atomic E-state index is 0.0595. The van der Waals surface area contributed by atoms with Crippen LogP contribution in [0.5, 0.6) is 5.75 Å². The summed E-state index contributed by atoms with van der Waals surface area (Å²) < 4.78 is 5.41. The van der Waals surface area contributed by atoms with Crippen LogP contribution in [0.3, 0.4) is 0 Å². The number of hydrogen-bond acceptors (Lipinski definition) is 3. The second-order valence-electron chi connectivity index (χ2n) is 5.75. The lowest BCUT2D eigenvalue weighted by molar-refractivity contribution is 0.251. The number of methoxy groups -OCH3 is 1. The van der Waals surface area contributed by atoms with Crippen molar-refractivity contribution in [1.29, 1.82) is 0 Å². The molecule has 0 saturated heterocycles. The highest BCUT2D eigenvalue weighted by Gasteiger charge is 2.19. The van der Waals surface area contributed by atoms with Crippen molar-refractivity contribution < 1.29 is 9.84 Å². The van der Waals surface area contributed by atoms with Gasteiger partial charge in [0.05, 0.1) is 13.7 Å². The molecule has 0 radical (unpaired) electrons. The molecule has 0 aliphatic rings. The number of benzene rings is 1. The summed E-state index contributed by atoms with van der Waals surface area (Å²) in [4.78, 5) is 0. The molecule has 3 heteroatoms. The minimum absolute atomic E-state index is 0.0595. The van der Waals surface area contributed by atoms with E-state index in [4.69, 9.17) is 9.84 Å². The highest BCUT2D eigenvalue weighted by atomic mass is 16.5. The van der Waals surface area contributed by atoms with Crippen molar-refractivity contribution in [3.8, 4) is 5.75 Å². The van der Waals surface area contributed by atoms with E-state index in [0.717, 1.165) is 12.3 Å². The zero-order chi connectivity index (χ0) is 13.8. The summed E-state index contributed by atoms with van der Waals surface area (Å²) in [7, 11) is 1.70. The summed E-state index contributed by atoms with van der Waals surface area (Å²) in [6, 6.07) is 6.37. The first-order chi connectivity index (χ1) is 8.38. The predicted molar refractivity (Wildman–Crippen MR) is 75.1 cm³/mol. The fourth-order valence-electron chi connectivity index (χ4n) is 1.81. The number of nitrogens with one attached hydrogen (secondary N) is 1. The Balaban J connectivity index is 2.90. The first-order valence-electron chi connectivity index (χ1n) is 6.40. The first kappa shape index (κ1) is 15.0. The zero-order valence-electron chi connectivity index (χ0n) is 12.1. The number of aliphatic hydroxyl groups is 1. The molecule has 1 rings (SSSR count). The molecule has 0 amide bonds. The lowest BCUT2D eigenvalue weighted by Gasteiger charge is -2.23. The van der Waals surface area contributed by atoms with Crippen molar-refractivity contribution in [2.24, 2.45) is 0 Å². The first-order valence-corrected chi connectivity index (χ1v) is 6.40. The van der Waals surface area contributed by atoms with Gasteiger partial charge >= 0.3 is 0 Å². The summed E-state index contributed by atoms with van der Waals surface area (Å²) in [6.45, 7) is 9.42. The van der Waals surface area contributed by atoms with Crippen LogP contribution in [0.1, 0.15) is 38.8 Å². The Labute approximate surface area is 110 Å². The molecule has 3 nitrogen and oxygen atoms in total. The van der Waals surface area contributed by atoms with Crippen LogP contribution in [-0.2, 0) is 12.0 Å². The smallest absolute Gasteiger partial charge is 0.122 e. The maximum Gasteiger partial charge on any atom is 0.122 e. The Morgan fingerprint density at radius 3 is 2.50 bits per heavy atom. The monoisotopic (exact) mass is 251 g/mol. The second kappa shape index (κ2) is 6.21. The van der Waals surface area contributed by atoms with Crippen molar-refractivity contribution in [3.05, 3.63) is 29.3 Å². The van der Waals surface area contributed by atoms with E-state index >= 15 is 0 Å². The molecule has 1 aromatic carbocycles. The van der Waals surface area contributed by atoms with Gasteiger partial charge in [-0.05, 0) is 29.5 Å². The number of aliphatic hydroxyl groups excluding tert-OH is 1. The maximum atomic E-state index is 9.00. The Hall–Kier alpha value is -1.06. The molecule has 0 saturated carbocycles. The van der Waals surface area contributed by atoms with Gasteiger partial charge in [0.15, 0.2) is 0 Å². The molecule has 0 aliphatic heterocycles. The van der Waals surface area contributed by atoms with E-state index in [2.05, 4.69) is 38.2 Å². The molecule has 2 N–H and O–H groups in total. The van der Waals surface area contributed by atoms with Gasteiger partial charge in [-0.15, -0.1) is 0 Å². The standard InChI is InChI=1S/C15H25NO2/c1-11(10-17)16-9-12-6-7-14(18-5)13(8-12)15(2,3)4/h6-8,11,16-17H,9-10H2,1-5H3. The quantitative estimate of drug-likeness (QED) is 0.844. The third-order valence-corrected chi connectivity index (χ3v) is 3.00. The van der Waals surface area contributed by atoms with E-state index in [0.29, 0.717) is 0 Å². The molecule has 0 aliphatic carbocycles. The van der Waals surface area contributed by atoms with Crippen LogP contribution in [0.25, 0.3) is 0 Å². The average molecular weight is 251 g/mol. The molecular formula is C15H25NO2. The molecule has 0 bridgehead atoms. The van der Waals surface area contributed by atoms with Gasteiger partial charge in [-0.2, -0.15) is 0 Å². The van der Waals surface area contributed by atoms with Gasteiger partial charge in [-0.1, -0.05) is 32.9 Å². The minimum Gasteiger partial charge on any atom is -0.496 e. The van der Waals surface area contributed by atoms with Gasteiger partial charge in [0.25, 0.3) is 0 Å². The molecule has 102 valence electrons. The largest absolute Gasteiger partial charge is 0.496 e. The van der Waals surface area contributed by atoms with Gasteiger partial charge < -0.3 is 15.2 Å². The summed E-state index contributed by atoms with van der Waals surface area (Å²) in [6.07, 6.45) is 0. The second-order valence-corrected chi connectivity index (χ2v) is 5.75. The van der Waals surface area contributed by atoms with Crippen molar-refractivity contribution in [3.63, 3.8) is 0 Å². The van der Waals surface area contributed by atoms with E-state index in [9.17, 15) is 0 Å².